The summed E-state index contributed by atoms with van der Waals surface area (Å²) in [7, 11) is -4.35. The maximum absolute atomic E-state index is 9.75. The SMILES string of the molecule is COc1ccc([NH3+])cc1.F[B-](F)(F)F. The summed E-state index contributed by atoms with van der Waals surface area (Å²) >= 11 is 0. The molecule has 0 atom stereocenters. The van der Waals surface area contributed by atoms with E-state index in [0.29, 0.717) is 0 Å². The monoisotopic (exact) mass is 211 g/mol. The van der Waals surface area contributed by atoms with Crippen molar-refractivity contribution in [1.29, 1.82) is 0 Å². The maximum Gasteiger partial charge on any atom is 0.673 e. The minimum absolute atomic E-state index is 0.877. The standard InChI is InChI=1S/C7H9NO.BF4/c1-9-7-4-2-6(8)3-5-7;2-1(3,4)5/h2-5H,8H2,1H3;/q;-1/p+1. The third kappa shape index (κ3) is 8.86. The molecule has 0 heterocycles. The number of halogens is 4. The minimum atomic E-state index is -6.00. The van der Waals surface area contributed by atoms with Crippen LogP contribution in [0.25, 0.3) is 0 Å². The van der Waals surface area contributed by atoms with Gasteiger partial charge >= 0.3 is 7.25 Å². The molecule has 7 heteroatoms. The molecule has 1 aromatic rings. The second-order valence-corrected chi connectivity index (χ2v) is 2.34. The Hall–Kier alpha value is -1.24. The molecule has 0 aliphatic heterocycles. The Balaban J connectivity index is 0.000000292. The van der Waals surface area contributed by atoms with Gasteiger partial charge in [0.05, 0.1) is 7.11 Å². The van der Waals surface area contributed by atoms with Gasteiger partial charge in [-0.25, -0.2) is 0 Å². The molecular weight excluding hydrogens is 201 g/mol. The van der Waals surface area contributed by atoms with Crippen LogP contribution >= 0.6 is 0 Å². The summed E-state index contributed by atoms with van der Waals surface area (Å²) in [6.45, 7) is 0. The quantitative estimate of drug-likeness (QED) is 0.558. The van der Waals surface area contributed by atoms with Crippen molar-refractivity contribution in [3.63, 3.8) is 0 Å². The van der Waals surface area contributed by atoms with Crippen LogP contribution in [-0.2, 0) is 0 Å². The first kappa shape index (κ1) is 12.8. The molecule has 3 N–H and O–H groups in total. The van der Waals surface area contributed by atoms with E-state index in [1.807, 2.05) is 24.3 Å². The third-order valence-corrected chi connectivity index (χ3v) is 1.16. The van der Waals surface area contributed by atoms with Crippen molar-refractivity contribution in [3.8, 4) is 5.75 Å². The lowest BCUT2D eigenvalue weighted by molar-refractivity contribution is -0.254. The van der Waals surface area contributed by atoms with Gasteiger partial charge in [-0.3, -0.25) is 0 Å². The zero-order valence-electron chi connectivity index (χ0n) is 7.51. The number of hydrogen-bond acceptors (Lipinski definition) is 1. The highest BCUT2D eigenvalue weighted by atomic mass is 19.5. The predicted molar refractivity (Wildman–Crippen MR) is 45.7 cm³/mol. The summed E-state index contributed by atoms with van der Waals surface area (Å²) in [5, 5.41) is 0. The van der Waals surface area contributed by atoms with E-state index in [2.05, 4.69) is 5.73 Å². The highest BCUT2D eigenvalue weighted by Crippen LogP contribution is 2.10. The molecule has 0 bridgehead atoms. The van der Waals surface area contributed by atoms with Crippen LogP contribution in [0.4, 0.5) is 23.0 Å². The Morgan fingerprint density at radius 3 is 1.71 bits per heavy atom. The summed E-state index contributed by atoms with van der Waals surface area (Å²) in [6.07, 6.45) is 0. The second-order valence-electron chi connectivity index (χ2n) is 2.34. The molecular formula is C7H10BF4NO. The van der Waals surface area contributed by atoms with Gasteiger partial charge in [0, 0.05) is 12.1 Å². The van der Waals surface area contributed by atoms with Crippen molar-refractivity contribution in [2.45, 2.75) is 0 Å². The highest BCUT2D eigenvalue weighted by Gasteiger charge is 2.20. The molecule has 2 nitrogen and oxygen atoms in total. The topological polar surface area (TPSA) is 36.9 Å². The van der Waals surface area contributed by atoms with E-state index < -0.39 is 7.25 Å². The molecule has 0 amide bonds. The Bertz CT molecular complexity index is 255. The summed E-state index contributed by atoms with van der Waals surface area (Å²) in [6, 6.07) is 7.61. The fourth-order valence-electron chi connectivity index (χ4n) is 0.626. The van der Waals surface area contributed by atoms with Crippen molar-refractivity contribution < 1.29 is 27.7 Å². The van der Waals surface area contributed by atoms with Gasteiger partial charge in [-0.15, -0.1) is 0 Å². The van der Waals surface area contributed by atoms with Crippen LogP contribution in [-0.4, -0.2) is 14.4 Å². The van der Waals surface area contributed by atoms with Crippen molar-refractivity contribution in [2.24, 2.45) is 0 Å². The minimum Gasteiger partial charge on any atom is -0.497 e. The zero-order chi connectivity index (χ0) is 11.2. The highest BCUT2D eigenvalue weighted by molar-refractivity contribution is 6.50. The summed E-state index contributed by atoms with van der Waals surface area (Å²) < 4.78 is 43.9. The lowest BCUT2D eigenvalue weighted by Gasteiger charge is -1.95. The Morgan fingerprint density at radius 1 is 1.07 bits per heavy atom. The first-order valence-electron chi connectivity index (χ1n) is 3.66. The molecule has 14 heavy (non-hydrogen) atoms. The molecule has 0 unspecified atom stereocenters. The molecule has 0 fully saturated rings. The Kier molecular flexibility index (Phi) is 5.00. The molecule has 0 saturated carbocycles. The largest absolute Gasteiger partial charge is 0.673 e. The molecule has 0 aliphatic rings. The first-order chi connectivity index (χ1) is 6.33. The van der Waals surface area contributed by atoms with Gasteiger partial charge in [0.2, 0.25) is 0 Å². The first-order valence-corrected chi connectivity index (χ1v) is 3.66. The van der Waals surface area contributed by atoms with Crippen LogP contribution in [0.5, 0.6) is 5.75 Å². The number of hydrogen-bond donors (Lipinski definition) is 1. The van der Waals surface area contributed by atoms with Crippen LogP contribution in [0, 0.1) is 0 Å². The summed E-state index contributed by atoms with van der Waals surface area (Å²) in [5.74, 6) is 0.877. The normalized spacial score (nSPS) is 10.1. The van der Waals surface area contributed by atoms with Crippen LogP contribution in [0.15, 0.2) is 24.3 Å². The smallest absolute Gasteiger partial charge is 0.497 e. The number of methoxy groups -OCH3 is 1. The Labute approximate surface area is 78.8 Å². The van der Waals surface area contributed by atoms with Gasteiger partial charge < -0.3 is 27.7 Å². The van der Waals surface area contributed by atoms with Gasteiger partial charge in [0.25, 0.3) is 0 Å². The van der Waals surface area contributed by atoms with Crippen LogP contribution in [0.2, 0.25) is 0 Å². The van der Waals surface area contributed by atoms with E-state index in [4.69, 9.17) is 4.74 Å². The molecule has 1 rings (SSSR count). The van der Waals surface area contributed by atoms with Gasteiger partial charge in [-0.1, -0.05) is 0 Å². The molecule has 0 radical (unpaired) electrons. The molecule has 1 aromatic carbocycles. The summed E-state index contributed by atoms with van der Waals surface area (Å²) in [4.78, 5) is 0. The van der Waals surface area contributed by atoms with E-state index in [1.165, 1.54) is 0 Å². The average Bonchev–Trinajstić information content (AvgIpc) is 2.03. The van der Waals surface area contributed by atoms with Crippen molar-refractivity contribution >= 4 is 12.9 Å². The Morgan fingerprint density at radius 2 is 1.43 bits per heavy atom. The number of quaternary nitrogens is 1. The van der Waals surface area contributed by atoms with E-state index in [1.54, 1.807) is 7.11 Å². The van der Waals surface area contributed by atoms with Gasteiger partial charge in [-0.2, -0.15) is 0 Å². The van der Waals surface area contributed by atoms with Crippen molar-refractivity contribution in [1.82, 2.24) is 0 Å². The van der Waals surface area contributed by atoms with Gasteiger partial charge in [-0.05, 0) is 12.1 Å². The lowest BCUT2D eigenvalue weighted by atomic mass is 10.3. The van der Waals surface area contributed by atoms with E-state index >= 15 is 0 Å². The van der Waals surface area contributed by atoms with E-state index in [-0.39, 0.29) is 0 Å². The fourth-order valence-corrected chi connectivity index (χ4v) is 0.626. The van der Waals surface area contributed by atoms with Crippen molar-refractivity contribution in [3.05, 3.63) is 24.3 Å². The third-order valence-electron chi connectivity index (χ3n) is 1.16. The maximum atomic E-state index is 9.75. The van der Waals surface area contributed by atoms with E-state index in [0.717, 1.165) is 11.4 Å². The molecule has 0 aromatic heterocycles. The average molecular weight is 211 g/mol. The lowest BCUT2D eigenvalue weighted by Crippen LogP contribution is -2.39. The van der Waals surface area contributed by atoms with Gasteiger partial charge in [0.15, 0.2) is 0 Å². The van der Waals surface area contributed by atoms with Crippen LogP contribution in [0.3, 0.4) is 0 Å². The predicted octanol–water partition coefficient (Wildman–Crippen LogP) is 1.87. The molecule has 0 saturated heterocycles. The van der Waals surface area contributed by atoms with Gasteiger partial charge in [0.1, 0.15) is 11.4 Å². The fraction of sp³-hybridized carbons (Fsp3) is 0.143. The number of rotatable bonds is 1. The van der Waals surface area contributed by atoms with Crippen LogP contribution in [0.1, 0.15) is 0 Å². The van der Waals surface area contributed by atoms with Crippen LogP contribution < -0.4 is 10.5 Å². The zero-order valence-corrected chi connectivity index (χ0v) is 7.51. The number of ether oxygens (including phenoxy) is 1. The molecule has 0 spiro atoms. The second kappa shape index (κ2) is 5.49. The molecule has 80 valence electrons. The number of benzene rings is 1. The molecule has 0 aliphatic carbocycles. The summed E-state index contributed by atoms with van der Waals surface area (Å²) in [5.41, 5.74) is 4.75. The van der Waals surface area contributed by atoms with E-state index in [9.17, 15) is 17.3 Å². The van der Waals surface area contributed by atoms with Crippen molar-refractivity contribution in [2.75, 3.05) is 7.11 Å².